The second-order valence-corrected chi connectivity index (χ2v) is 6.97. The number of carbonyl (C=O) groups is 1. The minimum Gasteiger partial charge on any atom is -0.504 e. The average Bonchev–Trinajstić information content (AvgIpc) is 2.83. The zero-order valence-electron chi connectivity index (χ0n) is 18.9. The lowest BCUT2D eigenvalue weighted by atomic mass is 10.2. The van der Waals surface area contributed by atoms with Crippen molar-refractivity contribution in [1.82, 2.24) is 5.43 Å². The van der Waals surface area contributed by atoms with E-state index < -0.39 is 5.91 Å². The summed E-state index contributed by atoms with van der Waals surface area (Å²) >= 11 is 0. The first kappa shape index (κ1) is 24.1. The topological polar surface area (TPSA) is 125 Å². The van der Waals surface area contributed by atoms with Crippen LogP contribution in [0.2, 0.25) is 0 Å². The SMILES string of the molecule is CCOc1cc(/C=N/NC(=O)c2cccc(N/N=C/c3ccc(O)c(OCC)c3)c2)ccc1O. The molecule has 0 spiro atoms. The van der Waals surface area contributed by atoms with E-state index in [0.29, 0.717) is 41.5 Å². The van der Waals surface area contributed by atoms with Crippen molar-refractivity contribution >= 4 is 24.0 Å². The van der Waals surface area contributed by atoms with E-state index in [9.17, 15) is 15.0 Å². The molecule has 0 radical (unpaired) electrons. The molecule has 0 saturated heterocycles. The van der Waals surface area contributed by atoms with Crippen LogP contribution >= 0.6 is 0 Å². The van der Waals surface area contributed by atoms with E-state index in [-0.39, 0.29) is 11.5 Å². The van der Waals surface area contributed by atoms with Crippen LogP contribution in [0.4, 0.5) is 5.69 Å². The molecule has 1 amide bonds. The molecule has 0 saturated carbocycles. The summed E-state index contributed by atoms with van der Waals surface area (Å²) in [5.74, 6) is 0.432. The maximum atomic E-state index is 12.4. The van der Waals surface area contributed by atoms with Gasteiger partial charge in [-0.05, 0) is 79.6 Å². The zero-order chi connectivity index (χ0) is 24.3. The number of phenolic OH excluding ortho intramolecular Hbond substituents is 2. The van der Waals surface area contributed by atoms with Crippen LogP contribution in [0.15, 0.2) is 70.9 Å². The van der Waals surface area contributed by atoms with E-state index >= 15 is 0 Å². The molecule has 0 aliphatic carbocycles. The summed E-state index contributed by atoms with van der Waals surface area (Å²) < 4.78 is 10.7. The largest absolute Gasteiger partial charge is 0.504 e. The molecular weight excluding hydrogens is 436 g/mol. The van der Waals surface area contributed by atoms with Crippen LogP contribution in [-0.2, 0) is 0 Å². The van der Waals surface area contributed by atoms with Gasteiger partial charge in [0, 0.05) is 5.56 Å². The number of phenols is 2. The van der Waals surface area contributed by atoms with Crippen molar-refractivity contribution < 1.29 is 24.5 Å². The van der Waals surface area contributed by atoms with Gasteiger partial charge < -0.3 is 19.7 Å². The standard InChI is InChI=1S/C25H26N4O5/c1-3-33-23-12-17(8-10-21(23)30)15-26-28-20-7-5-6-19(14-20)25(32)29-27-16-18-9-11-22(31)24(13-18)34-4-2/h5-16,28,30-31H,3-4H2,1-2H3,(H,29,32)/b26-15+,27-16+. The minimum absolute atomic E-state index is 0.0372. The first-order valence-corrected chi connectivity index (χ1v) is 10.6. The predicted octanol–water partition coefficient (Wildman–Crippen LogP) is 4.11. The number of hydrogen-bond donors (Lipinski definition) is 4. The van der Waals surface area contributed by atoms with Crippen molar-refractivity contribution in [1.29, 1.82) is 0 Å². The summed E-state index contributed by atoms with van der Waals surface area (Å²) in [5.41, 5.74) is 7.73. The molecule has 0 heterocycles. The van der Waals surface area contributed by atoms with E-state index in [0.717, 1.165) is 5.56 Å². The Morgan fingerprint density at radius 3 is 2.03 bits per heavy atom. The van der Waals surface area contributed by atoms with Gasteiger partial charge in [0.05, 0.1) is 31.3 Å². The Balaban J connectivity index is 1.60. The molecule has 4 N–H and O–H groups in total. The van der Waals surface area contributed by atoms with E-state index in [2.05, 4.69) is 21.1 Å². The van der Waals surface area contributed by atoms with Gasteiger partial charge in [-0.25, -0.2) is 5.43 Å². The Labute approximate surface area is 197 Å². The normalized spacial score (nSPS) is 11.0. The van der Waals surface area contributed by atoms with Crippen molar-refractivity contribution in [2.24, 2.45) is 10.2 Å². The summed E-state index contributed by atoms with van der Waals surface area (Å²) in [5, 5.41) is 27.7. The number of amides is 1. The fourth-order valence-corrected chi connectivity index (χ4v) is 2.91. The molecule has 0 aliphatic heterocycles. The van der Waals surface area contributed by atoms with Gasteiger partial charge in [0.25, 0.3) is 5.91 Å². The van der Waals surface area contributed by atoms with Gasteiger partial charge >= 0.3 is 0 Å². The molecule has 0 unspecified atom stereocenters. The van der Waals surface area contributed by atoms with Gasteiger partial charge in [0.15, 0.2) is 23.0 Å². The summed E-state index contributed by atoms with van der Waals surface area (Å²) in [6.45, 7) is 4.51. The van der Waals surface area contributed by atoms with Crippen molar-refractivity contribution in [2.45, 2.75) is 13.8 Å². The zero-order valence-corrected chi connectivity index (χ0v) is 18.9. The van der Waals surface area contributed by atoms with Crippen molar-refractivity contribution in [2.75, 3.05) is 18.6 Å². The van der Waals surface area contributed by atoms with Gasteiger partial charge in [0.1, 0.15) is 0 Å². The highest BCUT2D eigenvalue weighted by atomic mass is 16.5. The lowest BCUT2D eigenvalue weighted by molar-refractivity contribution is 0.0955. The summed E-state index contributed by atoms with van der Waals surface area (Å²) in [6.07, 6.45) is 3.04. The number of aromatic hydroxyl groups is 2. The van der Waals surface area contributed by atoms with Gasteiger partial charge in [0.2, 0.25) is 0 Å². The number of hydrazone groups is 2. The lowest BCUT2D eigenvalue weighted by Crippen LogP contribution is -2.17. The molecule has 0 bridgehead atoms. The fraction of sp³-hybridized carbons (Fsp3) is 0.160. The van der Waals surface area contributed by atoms with Crippen molar-refractivity contribution in [3.63, 3.8) is 0 Å². The third-order valence-electron chi connectivity index (χ3n) is 4.48. The Hall–Kier alpha value is -4.53. The Kier molecular flexibility index (Phi) is 8.45. The fourth-order valence-electron chi connectivity index (χ4n) is 2.91. The lowest BCUT2D eigenvalue weighted by Gasteiger charge is -2.07. The number of carbonyl (C=O) groups excluding carboxylic acids is 1. The van der Waals surface area contributed by atoms with Crippen LogP contribution in [-0.4, -0.2) is 41.8 Å². The first-order valence-electron chi connectivity index (χ1n) is 10.6. The minimum atomic E-state index is -0.396. The number of ether oxygens (including phenoxy) is 2. The first-order chi connectivity index (χ1) is 16.5. The Morgan fingerprint density at radius 2 is 1.44 bits per heavy atom. The average molecular weight is 463 g/mol. The molecule has 9 nitrogen and oxygen atoms in total. The monoisotopic (exact) mass is 462 g/mol. The maximum Gasteiger partial charge on any atom is 0.271 e. The number of rotatable bonds is 10. The summed E-state index contributed by atoms with van der Waals surface area (Å²) in [4.78, 5) is 12.4. The molecular formula is C25H26N4O5. The number of hydrogen-bond acceptors (Lipinski definition) is 8. The van der Waals surface area contributed by atoms with Crippen LogP contribution in [0.3, 0.4) is 0 Å². The smallest absolute Gasteiger partial charge is 0.271 e. The molecule has 3 aromatic rings. The van der Waals surface area contributed by atoms with E-state index in [4.69, 9.17) is 9.47 Å². The third kappa shape index (κ3) is 6.73. The molecule has 3 rings (SSSR count). The molecule has 3 aromatic carbocycles. The van der Waals surface area contributed by atoms with Gasteiger partial charge in [-0.15, -0.1) is 0 Å². The van der Waals surface area contributed by atoms with Gasteiger partial charge in [-0.1, -0.05) is 6.07 Å². The van der Waals surface area contributed by atoms with E-state index in [1.54, 1.807) is 54.7 Å². The Morgan fingerprint density at radius 1 is 0.853 bits per heavy atom. The highest BCUT2D eigenvalue weighted by molar-refractivity contribution is 5.95. The molecule has 0 aromatic heterocycles. The maximum absolute atomic E-state index is 12.4. The van der Waals surface area contributed by atoms with E-state index in [1.165, 1.54) is 18.3 Å². The molecule has 0 atom stereocenters. The van der Waals surface area contributed by atoms with E-state index in [1.807, 2.05) is 13.8 Å². The molecule has 0 fully saturated rings. The van der Waals surface area contributed by atoms with Crippen LogP contribution < -0.4 is 20.3 Å². The number of nitrogens with one attached hydrogen (secondary N) is 2. The van der Waals surface area contributed by atoms with Crippen molar-refractivity contribution in [3.05, 3.63) is 77.4 Å². The van der Waals surface area contributed by atoms with Crippen LogP contribution in [0.1, 0.15) is 35.3 Å². The molecule has 9 heteroatoms. The third-order valence-corrected chi connectivity index (χ3v) is 4.48. The molecule has 34 heavy (non-hydrogen) atoms. The second-order valence-electron chi connectivity index (χ2n) is 6.97. The van der Waals surface area contributed by atoms with Crippen LogP contribution in [0.5, 0.6) is 23.0 Å². The number of nitrogens with zero attached hydrogens (tertiary/aromatic N) is 2. The van der Waals surface area contributed by atoms with Crippen LogP contribution in [0.25, 0.3) is 0 Å². The quantitative estimate of drug-likeness (QED) is 0.266. The Bertz CT molecular complexity index is 1190. The molecule has 0 aliphatic rings. The predicted molar refractivity (Wildman–Crippen MR) is 131 cm³/mol. The number of benzene rings is 3. The number of anilines is 1. The molecule has 176 valence electrons. The van der Waals surface area contributed by atoms with Gasteiger partial charge in [-0.3, -0.25) is 10.2 Å². The highest BCUT2D eigenvalue weighted by Crippen LogP contribution is 2.27. The van der Waals surface area contributed by atoms with Crippen molar-refractivity contribution in [3.8, 4) is 23.0 Å². The highest BCUT2D eigenvalue weighted by Gasteiger charge is 2.06. The van der Waals surface area contributed by atoms with Gasteiger partial charge in [-0.2, -0.15) is 10.2 Å². The summed E-state index contributed by atoms with van der Waals surface area (Å²) in [6, 6.07) is 16.5. The second kappa shape index (κ2) is 11.9. The summed E-state index contributed by atoms with van der Waals surface area (Å²) in [7, 11) is 0. The van der Waals surface area contributed by atoms with Crippen LogP contribution in [0, 0.1) is 0 Å².